The first kappa shape index (κ1) is 12.9. The lowest BCUT2D eigenvalue weighted by Gasteiger charge is -2.19. The first-order valence-corrected chi connectivity index (χ1v) is 6.65. The summed E-state index contributed by atoms with van der Waals surface area (Å²) in [6, 6.07) is 5.34. The molecule has 2 aromatic rings. The van der Waals surface area contributed by atoms with Crippen LogP contribution in [0.2, 0.25) is 0 Å². The van der Waals surface area contributed by atoms with Crippen molar-refractivity contribution in [2.75, 3.05) is 13.2 Å². The van der Waals surface area contributed by atoms with Gasteiger partial charge in [0.25, 0.3) is 0 Å². The van der Waals surface area contributed by atoms with E-state index in [0.29, 0.717) is 36.4 Å². The molecule has 0 bridgehead atoms. The Hall–Kier alpha value is -2.08. The number of nitrogens with two attached hydrogens (primary N) is 1. The molecule has 6 heteroatoms. The number of aromatic nitrogens is 2. The number of ether oxygens (including phenoxy) is 2. The predicted octanol–water partition coefficient (Wildman–Crippen LogP) is 2.16. The molecule has 6 nitrogen and oxygen atoms in total. The summed E-state index contributed by atoms with van der Waals surface area (Å²) in [5, 5.41) is 4.00. The average molecular weight is 275 g/mol. The van der Waals surface area contributed by atoms with Crippen molar-refractivity contribution in [2.45, 2.75) is 19.9 Å². The number of benzene rings is 1. The van der Waals surface area contributed by atoms with Gasteiger partial charge in [0.05, 0.1) is 11.6 Å². The van der Waals surface area contributed by atoms with Crippen molar-refractivity contribution in [3.63, 3.8) is 0 Å². The number of nitrogens with zero attached hydrogens (tertiary/aromatic N) is 2. The molecule has 1 unspecified atom stereocenters. The second kappa shape index (κ2) is 5.13. The van der Waals surface area contributed by atoms with Crippen molar-refractivity contribution < 1.29 is 14.0 Å². The third kappa shape index (κ3) is 2.22. The van der Waals surface area contributed by atoms with Crippen molar-refractivity contribution in [3.05, 3.63) is 24.1 Å². The number of rotatable bonds is 3. The summed E-state index contributed by atoms with van der Waals surface area (Å²) in [4.78, 5) is 4.37. The van der Waals surface area contributed by atoms with Gasteiger partial charge in [-0.2, -0.15) is 4.98 Å². The number of para-hydroxylation sites is 1. The van der Waals surface area contributed by atoms with Gasteiger partial charge in [0.1, 0.15) is 13.2 Å². The third-order valence-electron chi connectivity index (χ3n) is 3.25. The van der Waals surface area contributed by atoms with Crippen LogP contribution in [0.5, 0.6) is 11.5 Å². The molecule has 0 fully saturated rings. The molecular weight excluding hydrogens is 258 g/mol. The minimum Gasteiger partial charge on any atom is -0.486 e. The van der Waals surface area contributed by atoms with E-state index in [1.165, 1.54) is 0 Å². The van der Waals surface area contributed by atoms with E-state index < -0.39 is 0 Å². The number of hydrogen-bond acceptors (Lipinski definition) is 6. The van der Waals surface area contributed by atoms with Crippen molar-refractivity contribution in [1.29, 1.82) is 0 Å². The second-order valence-electron chi connectivity index (χ2n) is 5.06. The Kier molecular flexibility index (Phi) is 3.31. The van der Waals surface area contributed by atoms with Crippen molar-refractivity contribution in [3.8, 4) is 22.9 Å². The molecule has 20 heavy (non-hydrogen) atoms. The van der Waals surface area contributed by atoms with E-state index in [1.807, 2.05) is 32.0 Å². The minimum absolute atomic E-state index is 0.229. The highest BCUT2D eigenvalue weighted by molar-refractivity contribution is 5.68. The summed E-state index contributed by atoms with van der Waals surface area (Å²) in [5.41, 5.74) is 6.77. The summed E-state index contributed by atoms with van der Waals surface area (Å²) in [6.45, 7) is 5.08. The van der Waals surface area contributed by atoms with Gasteiger partial charge in [0.2, 0.25) is 11.7 Å². The van der Waals surface area contributed by atoms with E-state index in [2.05, 4.69) is 10.1 Å². The summed E-state index contributed by atoms with van der Waals surface area (Å²) in [6.07, 6.45) is 0. The third-order valence-corrected chi connectivity index (χ3v) is 3.25. The topological polar surface area (TPSA) is 83.4 Å². The second-order valence-corrected chi connectivity index (χ2v) is 5.06. The smallest absolute Gasteiger partial charge is 0.244 e. The van der Waals surface area contributed by atoms with Gasteiger partial charge in [0.15, 0.2) is 11.5 Å². The van der Waals surface area contributed by atoms with Crippen LogP contribution in [-0.4, -0.2) is 23.4 Å². The molecule has 0 saturated heterocycles. The molecule has 0 aliphatic carbocycles. The number of hydrogen-bond donors (Lipinski definition) is 1. The molecular formula is C14H17N3O3. The van der Waals surface area contributed by atoms with Gasteiger partial charge in [-0.15, -0.1) is 0 Å². The zero-order valence-corrected chi connectivity index (χ0v) is 11.5. The van der Waals surface area contributed by atoms with E-state index in [-0.39, 0.29) is 12.0 Å². The summed E-state index contributed by atoms with van der Waals surface area (Å²) >= 11 is 0. The van der Waals surface area contributed by atoms with Crippen molar-refractivity contribution in [1.82, 2.24) is 10.1 Å². The highest BCUT2D eigenvalue weighted by Crippen LogP contribution is 2.38. The highest BCUT2D eigenvalue weighted by Gasteiger charge is 2.23. The number of fused-ring (bicyclic) bond motifs is 1. The molecule has 0 saturated carbocycles. The van der Waals surface area contributed by atoms with Crippen molar-refractivity contribution >= 4 is 0 Å². The quantitative estimate of drug-likeness (QED) is 0.924. The van der Waals surface area contributed by atoms with E-state index in [1.54, 1.807) is 0 Å². The molecule has 1 aromatic heterocycles. The maximum atomic E-state index is 6.01. The first-order valence-electron chi connectivity index (χ1n) is 6.65. The highest BCUT2D eigenvalue weighted by atomic mass is 16.6. The van der Waals surface area contributed by atoms with Crippen LogP contribution < -0.4 is 15.2 Å². The van der Waals surface area contributed by atoms with Gasteiger partial charge >= 0.3 is 0 Å². The first-order chi connectivity index (χ1) is 9.66. The molecule has 1 aliphatic heterocycles. The fourth-order valence-electron chi connectivity index (χ4n) is 2.01. The molecule has 0 amide bonds. The SMILES string of the molecule is CC(C)C(N)c1nc(-c2cccc3c2OCCO3)no1. The lowest BCUT2D eigenvalue weighted by atomic mass is 10.1. The van der Waals surface area contributed by atoms with Gasteiger partial charge in [-0.25, -0.2) is 0 Å². The van der Waals surface area contributed by atoms with Crippen LogP contribution in [0, 0.1) is 5.92 Å². The van der Waals surface area contributed by atoms with Crippen LogP contribution in [0.15, 0.2) is 22.7 Å². The van der Waals surface area contributed by atoms with E-state index >= 15 is 0 Å². The molecule has 106 valence electrons. The Labute approximate surface area is 116 Å². The van der Waals surface area contributed by atoms with E-state index in [4.69, 9.17) is 19.7 Å². The molecule has 0 spiro atoms. The van der Waals surface area contributed by atoms with Crippen LogP contribution in [0.1, 0.15) is 25.8 Å². The zero-order chi connectivity index (χ0) is 14.1. The summed E-state index contributed by atoms with van der Waals surface area (Å²) in [7, 11) is 0. The van der Waals surface area contributed by atoms with Crippen molar-refractivity contribution in [2.24, 2.45) is 11.7 Å². The van der Waals surface area contributed by atoms with Crippen LogP contribution in [0.4, 0.5) is 0 Å². The molecule has 1 aliphatic rings. The minimum atomic E-state index is -0.270. The Morgan fingerprint density at radius 3 is 2.80 bits per heavy atom. The van der Waals surface area contributed by atoms with Crippen LogP contribution in [-0.2, 0) is 0 Å². The molecule has 2 N–H and O–H groups in total. The standard InChI is InChI=1S/C14H17N3O3/c1-8(2)11(15)14-16-13(17-20-14)9-4-3-5-10-12(9)19-7-6-18-10/h3-5,8,11H,6-7,15H2,1-2H3. The predicted molar refractivity (Wildman–Crippen MR) is 72.5 cm³/mol. The lowest BCUT2D eigenvalue weighted by molar-refractivity contribution is 0.172. The monoisotopic (exact) mass is 275 g/mol. The van der Waals surface area contributed by atoms with Gasteiger partial charge in [0, 0.05) is 0 Å². The molecule has 2 heterocycles. The lowest BCUT2D eigenvalue weighted by Crippen LogP contribution is -2.17. The Balaban J connectivity index is 1.98. The van der Waals surface area contributed by atoms with Crippen LogP contribution in [0.25, 0.3) is 11.4 Å². The normalized spacial score (nSPS) is 15.4. The summed E-state index contributed by atoms with van der Waals surface area (Å²) in [5.74, 6) is 2.49. The Morgan fingerprint density at radius 2 is 2.00 bits per heavy atom. The average Bonchev–Trinajstić information content (AvgIpc) is 2.95. The molecule has 1 atom stereocenters. The Morgan fingerprint density at radius 1 is 1.20 bits per heavy atom. The van der Waals surface area contributed by atoms with E-state index in [0.717, 1.165) is 5.56 Å². The van der Waals surface area contributed by atoms with Crippen LogP contribution >= 0.6 is 0 Å². The fraction of sp³-hybridized carbons (Fsp3) is 0.429. The maximum Gasteiger partial charge on any atom is 0.244 e. The Bertz CT molecular complexity index is 609. The maximum absolute atomic E-state index is 6.01. The van der Waals surface area contributed by atoms with Gasteiger partial charge < -0.3 is 19.7 Å². The fourth-order valence-corrected chi connectivity index (χ4v) is 2.01. The van der Waals surface area contributed by atoms with Gasteiger partial charge in [-0.1, -0.05) is 25.1 Å². The van der Waals surface area contributed by atoms with Gasteiger partial charge in [-0.3, -0.25) is 0 Å². The molecule has 0 radical (unpaired) electrons. The molecule has 3 rings (SSSR count). The summed E-state index contributed by atoms with van der Waals surface area (Å²) < 4.78 is 16.4. The molecule has 1 aromatic carbocycles. The van der Waals surface area contributed by atoms with Gasteiger partial charge in [-0.05, 0) is 18.1 Å². The largest absolute Gasteiger partial charge is 0.486 e. The van der Waals surface area contributed by atoms with Crippen LogP contribution in [0.3, 0.4) is 0 Å². The zero-order valence-electron chi connectivity index (χ0n) is 11.5. The van der Waals surface area contributed by atoms with E-state index in [9.17, 15) is 0 Å².